The number of aromatic nitrogens is 2. The van der Waals surface area contributed by atoms with E-state index in [9.17, 15) is 8.78 Å². The fourth-order valence-electron chi connectivity index (χ4n) is 3.50. The lowest BCUT2D eigenvalue weighted by Crippen LogP contribution is -2.06. The van der Waals surface area contributed by atoms with Gasteiger partial charge in [-0.05, 0) is 60.9 Å². The Balaban J connectivity index is 1.72. The second kappa shape index (κ2) is 7.43. The first kappa shape index (κ1) is 18.2. The molecule has 0 radical (unpaired) electrons. The predicted octanol–water partition coefficient (Wildman–Crippen LogP) is 5.59. The van der Waals surface area contributed by atoms with E-state index >= 15 is 0 Å². The van der Waals surface area contributed by atoms with Crippen molar-refractivity contribution in [3.63, 3.8) is 0 Å². The maximum atomic E-state index is 13.6. The Bertz CT molecular complexity index is 1130. The summed E-state index contributed by atoms with van der Waals surface area (Å²) in [6, 6.07) is 15.0. The monoisotopic (exact) mass is 377 g/mol. The van der Waals surface area contributed by atoms with Crippen molar-refractivity contribution in [2.24, 2.45) is 0 Å². The number of halogens is 2. The molecule has 0 aliphatic rings. The summed E-state index contributed by atoms with van der Waals surface area (Å²) in [6.45, 7) is 5.24. The molecule has 0 fully saturated rings. The zero-order valence-electron chi connectivity index (χ0n) is 15.8. The zero-order valence-corrected chi connectivity index (χ0v) is 15.8. The van der Waals surface area contributed by atoms with E-state index in [0.29, 0.717) is 13.1 Å². The maximum absolute atomic E-state index is 13.6. The highest BCUT2D eigenvalue weighted by Gasteiger charge is 2.16. The lowest BCUT2D eigenvalue weighted by atomic mass is 10.2. The highest BCUT2D eigenvalue weighted by atomic mass is 19.1. The van der Waals surface area contributed by atoms with Crippen molar-refractivity contribution in [2.45, 2.75) is 26.9 Å². The highest BCUT2D eigenvalue weighted by molar-refractivity contribution is 5.92. The van der Waals surface area contributed by atoms with Gasteiger partial charge in [0.1, 0.15) is 11.6 Å². The molecule has 0 amide bonds. The van der Waals surface area contributed by atoms with Crippen LogP contribution in [0.15, 0.2) is 60.8 Å². The number of nitrogens with zero attached hydrogens (tertiary/aromatic N) is 2. The summed E-state index contributed by atoms with van der Waals surface area (Å²) < 4.78 is 28.9. The van der Waals surface area contributed by atoms with Crippen molar-refractivity contribution < 1.29 is 8.78 Å². The molecule has 2 heterocycles. The van der Waals surface area contributed by atoms with E-state index in [4.69, 9.17) is 0 Å². The molecule has 0 atom stereocenters. The minimum absolute atomic E-state index is 0.240. The van der Waals surface area contributed by atoms with Crippen LogP contribution in [0.1, 0.15) is 22.4 Å². The Morgan fingerprint density at radius 2 is 1.71 bits per heavy atom. The summed E-state index contributed by atoms with van der Waals surface area (Å²) in [7, 11) is 0. The summed E-state index contributed by atoms with van der Waals surface area (Å²) >= 11 is 0. The summed E-state index contributed by atoms with van der Waals surface area (Å²) in [5, 5.41) is 3.44. The van der Waals surface area contributed by atoms with Crippen LogP contribution < -0.4 is 5.32 Å². The van der Waals surface area contributed by atoms with Gasteiger partial charge in [0, 0.05) is 25.0 Å². The Hall–Kier alpha value is -3.21. The quantitative estimate of drug-likeness (QED) is 0.491. The maximum Gasteiger partial charge on any atom is 0.123 e. The fourth-order valence-corrected chi connectivity index (χ4v) is 3.50. The molecule has 28 heavy (non-hydrogen) atoms. The van der Waals surface area contributed by atoms with Gasteiger partial charge in [0.05, 0.1) is 16.7 Å². The number of nitrogens with one attached hydrogen (secondary N) is 1. The van der Waals surface area contributed by atoms with Gasteiger partial charge in [-0.2, -0.15) is 0 Å². The molecule has 0 saturated carbocycles. The lowest BCUT2D eigenvalue weighted by Gasteiger charge is -2.13. The summed E-state index contributed by atoms with van der Waals surface area (Å²) in [4.78, 5) is 4.56. The molecule has 2 aromatic carbocycles. The molecule has 0 unspecified atom stereocenters. The van der Waals surface area contributed by atoms with Crippen LogP contribution >= 0.6 is 0 Å². The summed E-state index contributed by atoms with van der Waals surface area (Å²) in [5.41, 5.74) is 6.96. The van der Waals surface area contributed by atoms with Gasteiger partial charge in [0.15, 0.2) is 0 Å². The van der Waals surface area contributed by atoms with E-state index in [1.54, 1.807) is 30.5 Å². The number of aryl methyl sites for hydroxylation is 1. The van der Waals surface area contributed by atoms with E-state index in [0.717, 1.165) is 39.1 Å². The molecule has 0 aliphatic heterocycles. The molecule has 0 bridgehead atoms. The Kier molecular flexibility index (Phi) is 4.82. The van der Waals surface area contributed by atoms with E-state index in [-0.39, 0.29) is 11.6 Å². The molecular weight excluding hydrogens is 356 g/mol. The van der Waals surface area contributed by atoms with Crippen molar-refractivity contribution in [1.82, 2.24) is 9.55 Å². The third kappa shape index (κ3) is 3.48. The van der Waals surface area contributed by atoms with E-state index < -0.39 is 0 Å². The molecule has 0 saturated heterocycles. The average molecular weight is 377 g/mol. The van der Waals surface area contributed by atoms with Crippen molar-refractivity contribution >= 4 is 16.7 Å². The minimum atomic E-state index is -0.245. The number of benzene rings is 2. The van der Waals surface area contributed by atoms with Crippen LogP contribution in [0.2, 0.25) is 0 Å². The fraction of sp³-hybridized carbons (Fsp3) is 0.174. The second-order valence-corrected chi connectivity index (χ2v) is 6.96. The van der Waals surface area contributed by atoms with Crippen molar-refractivity contribution in [2.75, 3.05) is 5.32 Å². The van der Waals surface area contributed by atoms with Gasteiger partial charge in [0.2, 0.25) is 0 Å². The van der Waals surface area contributed by atoms with Crippen LogP contribution in [0.25, 0.3) is 11.0 Å². The van der Waals surface area contributed by atoms with Gasteiger partial charge in [-0.25, -0.2) is 8.78 Å². The Labute approximate surface area is 162 Å². The van der Waals surface area contributed by atoms with Crippen molar-refractivity contribution in [3.05, 3.63) is 94.8 Å². The molecule has 2 aromatic heterocycles. The smallest absolute Gasteiger partial charge is 0.123 e. The SMILES string of the molecule is Cc1c(C)n(Cc2cccc(F)c2)c2c(NCc3ccc(F)cc3)ccnc12. The van der Waals surface area contributed by atoms with Crippen molar-refractivity contribution in [3.8, 4) is 0 Å². The lowest BCUT2D eigenvalue weighted by molar-refractivity contribution is 0.623. The summed E-state index contributed by atoms with van der Waals surface area (Å²) in [6.07, 6.45) is 1.79. The first-order chi connectivity index (χ1) is 13.5. The normalized spacial score (nSPS) is 11.1. The number of anilines is 1. The van der Waals surface area contributed by atoms with Gasteiger partial charge in [0.25, 0.3) is 0 Å². The molecule has 4 rings (SSSR count). The molecule has 4 aromatic rings. The largest absolute Gasteiger partial charge is 0.379 e. The van der Waals surface area contributed by atoms with Crippen LogP contribution in [0.4, 0.5) is 14.5 Å². The number of pyridine rings is 1. The van der Waals surface area contributed by atoms with Gasteiger partial charge in [-0.1, -0.05) is 24.3 Å². The number of rotatable bonds is 5. The third-order valence-electron chi connectivity index (χ3n) is 5.12. The third-order valence-corrected chi connectivity index (χ3v) is 5.12. The van der Waals surface area contributed by atoms with Crippen LogP contribution in [0, 0.1) is 25.5 Å². The van der Waals surface area contributed by atoms with Gasteiger partial charge in [-0.15, -0.1) is 0 Å². The second-order valence-electron chi connectivity index (χ2n) is 6.96. The zero-order chi connectivity index (χ0) is 19.7. The molecule has 142 valence electrons. The summed E-state index contributed by atoms with van der Waals surface area (Å²) in [5.74, 6) is -0.485. The van der Waals surface area contributed by atoms with E-state index in [2.05, 4.69) is 28.7 Å². The van der Waals surface area contributed by atoms with Gasteiger partial charge >= 0.3 is 0 Å². The number of hydrogen-bond donors (Lipinski definition) is 1. The molecule has 1 N–H and O–H groups in total. The van der Waals surface area contributed by atoms with E-state index in [1.807, 2.05) is 12.1 Å². The van der Waals surface area contributed by atoms with E-state index in [1.165, 1.54) is 18.2 Å². The molecular formula is C23H21F2N3. The first-order valence-electron chi connectivity index (χ1n) is 9.20. The Morgan fingerprint density at radius 1 is 0.929 bits per heavy atom. The first-order valence-corrected chi connectivity index (χ1v) is 9.20. The Morgan fingerprint density at radius 3 is 2.46 bits per heavy atom. The predicted molar refractivity (Wildman–Crippen MR) is 108 cm³/mol. The van der Waals surface area contributed by atoms with Crippen molar-refractivity contribution in [1.29, 1.82) is 0 Å². The number of hydrogen-bond acceptors (Lipinski definition) is 2. The number of fused-ring (bicyclic) bond motifs is 1. The molecule has 5 heteroatoms. The molecule has 0 spiro atoms. The van der Waals surface area contributed by atoms with Gasteiger partial charge < -0.3 is 9.88 Å². The highest BCUT2D eigenvalue weighted by Crippen LogP contribution is 2.30. The molecule has 0 aliphatic carbocycles. The average Bonchev–Trinajstić information content (AvgIpc) is 2.93. The standard InChI is InChI=1S/C23H21F2N3/c1-15-16(2)28(14-18-4-3-5-20(25)12-18)23-21(10-11-26-22(15)23)27-13-17-6-8-19(24)9-7-17/h3-12H,13-14H2,1-2H3,(H,26,27). The van der Waals surface area contributed by atoms with Crippen LogP contribution in [0.3, 0.4) is 0 Å². The van der Waals surface area contributed by atoms with Crippen LogP contribution in [-0.2, 0) is 13.1 Å². The minimum Gasteiger partial charge on any atom is -0.379 e. The van der Waals surface area contributed by atoms with Gasteiger partial charge in [-0.3, -0.25) is 4.98 Å². The molecule has 3 nitrogen and oxygen atoms in total. The van der Waals surface area contributed by atoms with Crippen LogP contribution in [0.5, 0.6) is 0 Å². The topological polar surface area (TPSA) is 29.9 Å². The van der Waals surface area contributed by atoms with Crippen LogP contribution in [-0.4, -0.2) is 9.55 Å².